The van der Waals surface area contributed by atoms with Gasteiger partial charge in [0.25, 0.3) is 0 Å². The maximum Gasteiger partial charge on any atom is 0.0589 e. The third kappa shape index (κ3) is 8.22. The van der Waals surface area contributed by atoms with E-state index >= 15 is 0 Å². The fraction of sp³-hybridized carbons (Fsp3) is 1.00. The Balaban J connectivity index is 0.000000424. The van der Waals surface area contributed by atoms with Crippen LogP contribution in [0.25, 0.3) is 0 Å². The van der Waals surface area contributed by atoms with E-state index in [9.17, 15) is 0 Å². The Morgan fingerprint density at radius 2 is 1.77 bits per heavy atom. The monoisotopic (exact) mass is 188 g/mol. The molecule has 1 aliphatic heterocycles. The van der Waals surface area contributed by atoms with Crippen molar-refractivity contribution in [3.05, 3.63) is 0 Å². The molecular formula is C10H24N2O. The fourth-order valence-corrected chi connectivity index (χ4v) is 1.16. The van der Waals surface area contributed by atoms with Gasteiger partial charge in [0.2, 0.25) is 0 Å². The van der Waals surface area contributed by atoms with Gasteiger partial charge in [0.1, 0.15) is 0 Å². The van der Waals surface area contributed by atoms with E-state index in [1.807, 2.05) is 0 Å². The van der Waals surface area contributed by atoms with Crippen LogP contribution in [0.4, 0.5) is 0 Å². The maximum atomic E-state index is 4.98. The number of nitrogens with zero attached hydrogens (tertiary/aromatic N) is 1. The molecule has 1 saturated heterocycles. The third-order valence-electron chi connectivity index (χ3n) is 1.82. The summed E-state index contributed by atoms with van der Waals surface area (Å²) in [5.41, 5.74) is 0. The summed E-state index contributed by atoms with van der Waals surface area (Å²) in [6.07, 6.45) is 1.25. The molecule has 0 aromatic carbocycles. The lowest BCUT2D eigenvalue weighted by molar-refractivity contribution is 0.139. The Bertz CT molecular complexity index is 92.9. The smallest absolute Gasteiger partial charge is 0.0589 e. The van der Waals surface area contributed by atoms with Gasteiger partial charge in [-0.05, 0) is 0 Å². The molecule has 1 heterocycles. The van der Waals surface area contributed by atoms with E-state index in [0.29, 0.717) is 0 Å². The molecule has 0 amide bonds. The van der Waals surface area contributed by atoms with Crippen LogP contribution in [0.15, 0.2) is 0 Å². The molecule has 0 aromatic rings. The summed E-state index contributed by atoms with van der Waals surface area (Å²) >= 11 is 0. The highest BCUT2D eigenvalue weighted by atomic mass is 16.5. The Morgan fingerprint density at radius 1 is 1.23 bits per heavy atom. The van der Waals surface area contributed by atoms with Gasteiger partial charge >= 0.3 is 0 Å². The van der Waals surface area contributed by atoms with Crippen molar-refractivity contribution in [2.75, 3.05) is 46.4 Å². The molecule has 0 bridgehead atoms. The Labute approximate surface area is 82.4 Å². The molecule has 3 heteroatoms. The van der Waals surface area contributed by atoms with E-state index in [0.717, 1.165) is 26.2 Å². The molecule has 80 valence electrons. The number of methoxy groups -OCH3 is 1. The zero-order valence-electron chi connectivity index (χ0n) is 9.31. The number of nitrogens with one attached hydrogen (secondary N) is 1. The maximum absolute atomic E-state index is 4.98. The second-order valence-corrected chi connectivity index (χ2v) is 3.29. The number of ether oxygens (including phenoxy) is 1. The minimum atomic E-state index is 0.861. The number of hydrogen-bond acceptors (Lipinski definition) is 3. The van der Waals surface area contributed by atoms with Gasteiger partial charge in [0, 0.05) is 39.8 Å². The lowest BCUT2D eigenvalue weighted by Crippen LogP contribution is -2.44. The van der Waals surface area contributed by atoms with Crippen LogP contribution in [0.3, 0.4) is 0 Å². The van der Waals surface area contributed by atoms with Gasteiger partial charge in [-0.2, -0.15) is 0 Å². The molecule has 0 unspecified atom stereocenters. The molecule has 1 N–H and O–H groups in total. The molecule has 3 nitrogen and oxygen atoms in total. The van der Waals surface area contributed by atoms with Crippen LogP contribution in [0.1, 0.15) is 20.3 Å². The predicted octanol–water partition coefficient (Wildman–Crippen LogP) is 0.954. The standard InChI is InChI=1S/C7H16N2O.C3H8/c1-10-7-6-9-4-2-8-3-5-9;1-3-2/h8H,2-7H2,1H3;3H2,1-2H3. The SMILES string of the molecule is CCC.COCCN1CCNCC1. The van der Waals surface area contributed by atoms with Crippen molar-refractivity contribution in [3.8, 4) is 0 Å². The molecule has 1 fully saturated rings. The Kier molecular flexibility index (Phi) is 9.87. The third-order valence-corrected chi connectivity index (χ3v) is 1.82. The lowest BCUT2D eigenvalue weighted by Gasteiger charge is -2.26. The van der Waals surface area contributed by atoms with Gasteiger partial charge in [0.15, 0.2) is 0 Å². The van der Waals surface area contributed by atoms with Crippen molar-refractivity contribution in [1.29, 1.82) is 0 Å². The summed E-state index contributed by atoms with van der Waals surface area (Å²) in [7, 11) is 1.75. The van der Waals surface area contributed by atoms with Crippen LogP contribution in [-0.4, -0.2) is 51.3 Å². The summed E-state index contributed by atoms with van der Waals surface area (Å²) < 4.78 is 4.98. The highest BCUT2D eigenvalue weighted by molar-refractivity contribution is 4.66. The van der Waals surface area contributed by atoms with E-state index in [1.54, 1.807) is 7.11 Å². The zero-order chi connectivity index (χ0) is 9.94. The van der Waals surface area contributed by atoms with E-state index in [2.05, 4.69) is 24.1 Å². The van der Waals surface area contributed by atoms with Gasteiger partial charge in [0.05, 0.1) is 6.61 Å². The molecule has 13 heavy (non-hydrogen) atoms. The van der Waals surface area contributed by atoms with Gasteiger partial charge in [-0.1, -0.05) is 20.3 Å². The summed E-state index contributed by atoms with van der Waals surface area (Å²) in [5, 5.41) is 3.31. The molecule has 0 spiro atoms. The first kappa shape index (κ1) is 12.9. The van der Waals surface area contributed by atoms with Crippen molar-refractivity contribution >= 4 is 0 Å². The molecule has 1 rings (SSSR count). The number of rotatable bonds is 3. The van der Waals surface area contributed by atoms with Crippen molar-refractivity contribution in [3.63, 3.8) is 0 Å². The minimum Gasteiger partial charge on any atom is -0.383 e. The quantitative estimate of drug-likeness (QED) is 0.714. The van der Waals surface area contributed by atoms with E-state index in [4.69, 9.17) is 4.74 Å². The van der Waals surface area contributed by atoms with Crippen LogP contribution >= 0.6 is 0 Å². The van der Waals surface area contributed by atoms with E-state index < -0.39 is 0 Å². The van der Waals surface area contributed by atoms with Crippen LogP contribution in [0, 0.1) is 0 Å². The van der Waals surface area contributed by atoms with Gasteiger partial charge in [-0.25, -0.2) is 0 Å². The second kappa shape index (κ2) is 9.96. The van der Waals surface area contributed by atoms with Crippen molar-refractivity contribution in [1.82, 2.24) is 10.2 Å². The number of hydrogen-bond donors (Lipinski definition) is 1. The van der Waals surface area contributed by atoms with Crippen LogP contribution in [-0.2, 0) is 4.74 Å². The van der Waals surface area contributed by atoms with Crippen molar-refractivity contribution < 1.29 is 4.74 Å². The first-order valence-corrected chi connectivity index (χ1v) is 5.27. The summed E-state index contributed by atoms with van der Waals surface area (Å²) in [6, 6.07) is 0. The molecule has 0 atom stereocenters. The average Bonchev–Trinajstić information content (AvgIpc) is 2.18. The first-order valence-electron chi connectivity index (χ1n) is 5.27. The summed E-state index contributed by atoms with van der Waals surface area (Å²) in [5.74, 6) is 0. The summed E-state index contributed by atoms with van der Waals surface area (Å²) in [4.78, 5) is 2.42. The Morgan fingerprint density at radius 3 is 2.23 bits per heavy atom. The highest BCUT2D eigenvalue weighted by Gasteiger charge is 2.07. The molecule has 0 radical (unpaired) electrons. The van der Waals surface area contributed by atoms with E-state index in [-0.39, 0.29) is 0 Å². The van der Waals surface area contributed by atoms with Gasteiger partial charge in [-0.15, -0.1) is 0 Å². The number of piperazine rings is 1. The summed E-state index contributed by atoms with van der Waals surface area (Å²) in [6.45, 7) is 10.8. The predicted molar refractivity (Wildman–Crippen MR) is 57.2 cm³/mol. The van der Waals surface area contributed by atoms with Crippen LogP contribution < -0.4 is 5.32 Å². The van der Waals surface area contributed by atoms with Gasteiger partial charge < -0.3 is 10.1 Å². The Hall–Kier alpha value is -0.120. The van der Waals surface area contributed by atoms with Crippen LogP contribution in [0.2, 0.25) is 0 Å². The molecule has 0 aromatic heterocycles. The molecule has 1 aliphatic rings. The molecule has 0 saturated carbocycles. The van der Waals surface area contributed by atoms with Gasteiger partial charge in [-0.3, -0.25) is 4.90 Å². The minimum absolute atomic E-state index is 0.861. The molecule has 0 aliphatic carbocycles. The van der Waals surface area contributed by atoms with Crippen molar-refractivity contribution in [2.45, 2.75) is 20.3 Å². The highest BCUT2D eigenvalue weighted by Crippen LogP contribution is 1.90. The average molecular weight is 188 g/mol. The zero-order valence-corrected chi connectivity index (χ0v) is 9.31. The van der Waals surface area contributed by atoms with E-state index in [1.165, 1.54) is 19.5 Å². The normalized spacial score (nSPS) is 17.8. The van der Waals surface area contributed by atoms with Crippen molar-refractivity contribution in [2.24, 2.45) is 0 Å². The largest absolute Gasteiger partial charge is 0.383 e. The topological polar surface area (TPSA) is 24.5 Å². The molecular weight excluding hydrogens is 164 g/mol. The fourth-order valence-electron chi connectivity index (χ4n) is 1.16. The first-order chi connectivity index (χ1) is 6.35. The second-order valence-electron chi connectivity index (χ2n) is 3.29. The lowest BCUT2D eigenvalue weighted by atomic mass is 10.4. The van der Waals surface area contributed by atoms with Crippen LogP contribution in [0.5, 0.6) is 0 Å².